The lowest BCUT2D eigenvalue weighted by molar-refractivity contribution is -0.163. The molecule has 0 rings (SSSR count). The number of esters is 1. The fourth-order valence-electron chi connectivity index (χ4n) is 0.727. The van der Waals surface area contributed by atoms with Gasteiger partial charge in [0.2, 0.25) is 6.04 Å². The number of carboxylic acids is 1. The SMILES string of the molecule is CNNC(C(=O)O)C(=O)OC(C)(C)C. The molecule has 0 fully saturated rings. The highest BCUT2D eigenvalue weighted by molar-refractivity contribution is 5.98. The van der Waals surface area contributed by atoms with Crippen LogP contribution in [-0.2, 0) is 14.3 Å². The van der Waals surface area contributed by atoms with Gasteiger partial charge in [-0.05, 0) is 27.8 Å². The summed E-state index contributed by atoms with van der Waals surface area (Å²) in [5.74, 6) is -2.10. The highest BCUT2D eigenvalue weighted by atomic mass is 16.6. The Kier molecular flexibility index (Phi) is 4.52. The maximum Gasteiger partial charge on any atom is 0.336 e. The van der Waals surface area contributed by atoms with Crippen LogP contribution in [0.4, 0.5) is 0 Å². The number of rotatable bonds is 4. The summed E-state index contributed by atoms with van der Waals surface area (Å²) < 4.78 is 4.89. The van der Waals surface area contributed by atoms with E-state index in [1.807, 2.05) is 0 Å². The van der Waals surface area contributed by atoms with E-state index in [-0.39, 0.29) is 0 Å². The summed E-state index contributed by atoms with van der Waals surface area (Å²) in [4.78, 5) is 21.9. The largest absolute Gasteiger partial charge is 0.480 e. The molecule has 0 radical (unpaired) electrons. The van der Waals surface area contributed by atoms with Gasteiger partial charge in [0.15, 0.2) is 0 Å². The zero-order chi connectivity index (χ0) is 11.4. The number of hydrazine groups is 1. The Labute approximate surface area is 82.6 Å². The molecule has 0 bridgehead atoms. The molecular formula is C8H16N2O4. The van der Waals surface area contributed by atoms with E-state index in [0.717, 1.165) is 0 Å². The van der Waals surface area contributed by atoms with Crippen molar-refractivity contribution >= 4 is 11.9 Å². The number of hydrogen-bond donors (Lipinski definition) is 3. The molecule has 0 heterocycles. The van der Waals surface area contributed by atoms with Crippen molar-refractivity contribution in [2.45, 2.75) is 32.4 Å². The quantitative estimate of drug-likeness (QED) is 0.325. The first kappa shape index (κ1) is 12.9. The van der Waals surface area contributed by atoms with Crippen molar-refractivity contribution in [3.05, 3.63) is 0 Å². The van der Waals surface area contributed by atoms with Gasteiger partial charge in [-0.3, -0.25) is 5.43 Å². The first-order valence-electron chi connectivity index (χ1n) is 4.16. The summed E-state index contributed by atoms with van der Waals surface area (Å²) >= 11 is 0. The molecule has 0 aliphatic rings. The van der Waals surface area contributed by atoms with Crippen LogP contribution in [0.5, 0.6) is 0 Å². The van der Waals surface area contributed by atoms with Gasteiger partial charge in [-0.2, -0.15) is 0 Å². The lowest BCUT2D eigenvalue weighted by Gasteiger charge is -2.22. The van der Waals surface area contributed by atoms with E-state index in [1.54, 1.807) is 20.8 Å². The number of hydrogen-bond acceptors (Lipinski definition) is 5. The van der Waals surface area contributed by atoms with Crippen molar-refractivity contribution in [1.82, 2.24) is 10.9 Å². The van der Waals surface area contributed by atoms with Gasteiger partial charge in [0.1, 0.15) is 5.60 Å². The van der Waals surface area contributed by atoms with Crippen molar-refractivity contribution < 1.29 is 19.4 Å². The summed E-state index contributed by atoms with van der Waals surface area (Å²) in [7, 11) is 1.47. The van der Waals surface area contributed by atoms with Crippen molar-refractivity contribution in [2.24, 2.45) is 0 Å². The molecule has 0 aromatic rings. The third-order valence-corrected chi connectivity index (χ3v) is 1.18. The molecule has 1 atom stereocenters. The lowest BCUT2D eigenvalue weighted by atomic mass is 10.2. The summed E-state index contributed by atoms with van der Waals surface area (Å²) in [6, 6.07) is -1.39. The van der Waals surface area contributed by atoms with Gasteiger partial charge in [0.05, 0.1) is 0 Å². The standard InChI is InChI=1S/C8H16N2O4/c1-8(2,3)14-7(13)5(6(11)12)10-9-4/h5,9-10H,1-4H3,(H,11,12). The molecule has 0 aliphatic heterocycles. The molecule has 3 N–H and O–H groups in total. The third-order valence-electron chi connectivity index (χ3n) is 1.18. The van der Waals surface area contributed by atoms with E-state index < -0.39 is 23.6 Å². The van der Waals surface area contributed by atoms with E-state index in [1.165, 1.54) is 7.05 Å². The van der Waals surface area contributed by atoms with Crippen LogP contribution >= 0.6 is 0 Å². The minimum atomic E-state index is -1.39. The van der Waals surface area contributed by atoms with Crippen LogP contribution in [0.15, 0.2) is 0 Å². The molecule has 82 valence electrons. The van der Waals surface area contributed by atoms with Crippen molar-refractivity contribution in [2.75, 3.05) is 7.05 Å². The normalized spacial score (nSPS) is 13.4. The van der Waals surface area contributed by atoms with Gasteiger partial charge in [-0.15, -0.1) is 0 Å². The minimum absolute atomic E-state index is 0.694. The molecule has 0 saturated carbocycles. The second-order valence-corrected chi connectivity index (χ2v) is 3.70. The van der Waals surface area contributed by atoms with Crippen molar-refractivity contribution in [3.8, 4) is 0 Å². The maximum absolute atomic E-state index is 11.3. The topological polar surface area (TPSA) is 87.7 Å². The van der Waals surface area contributed by atoms with E-state index in [4.69, 9.17) is 9.84 Å². The van der Waals surface area contributed by atoms with Crippen LogP contribution in [0.25, 0.3) is 0 Å². The molecule has 6 nitrogen and oxygen atoms in total. The summed E-state index contributed by atoms with van der Waals surface area (Å²) in [6.07, 6.45) is 0. The minimum Gasteiger partial charge on any atom is -0.480 e. The number of carbonyl (C=O) groups excluding carboxylic acids is 1. The number of ether oxygens (including phenoxy) is 1. The lowest BCUT2D eigenvalue weighted by Crippen LogP contribution is -2.51. The molecule has 0 aromatic carbocycles. The Balaban J connectivity index is 4.38. The van der Waals surface area contributed by atoms with Crippen LogP contribution in [0.3, 0.4) is 0 Å². The van der Waals surface area contributed by atoms with Crippen LogP contribution in [0.2, 0.25) is 0 Å². The van der Waals surface area contributed by atoms with Gasteiger partial charge >= 0.3 is 11.9 Å². The molecule has 14 heavy (non-hydrogen) atoms. The van der Waals surface area contributed by atoms with Gasteiger partial charge in [0, 0.05) is 0 Å². The maximum atomic E-state index is 11.3. The fraction of sp³-hybridized carbons (Fsp3) is 0.750. The second-order valence-electron chi connectivity index (χ2n) is 3.70. The van der Waals surface area contributed by atoms with Crippen LogP contribution < -0.4 is 10.9 Å². The summed E-state index contributed by atoms with van der Waals surface area (Å²) in [5, 5.41) is 8.67. The average Bonchev–Trinajstić information content (AvgIpc) is 1.95. The fourth-order valence-corrected chi connectivity index (χ4v) is 0.727. The smallest absolute Gasteiger partial charge is 0.336 e. The zero-order valence-electron chi connectivity index (χ0n) is 8.75. The van der Waals surface area contributed by atoms with Crippen molar-refractivity contribution in [3.63, 3.8) is 0 Å². The first-order chi connectivity index (χ1) is 6.28. The van der Waals surface area contributed by atoms with Gasteiger partial charge in [-0.1, -0.05) is 0 Å². The average molecular weight is 204 g/mol. The van der Waals surface area contributed by atoms with Gasteiger partial charge in [0.25, 0.3) is 0 Å². The predicted molar refractivity (Wildman–Crippen MR) is 49.5 cm³/mol. The predicted octanol–water partition coefficient (Wildman–Crippen LogP) is -0.495. The Morgan fingerprint density at radius 3 is 2.14 bits per heavy atom. The molecule has 0 amide bonds. The molecule has 6 heteroatoms. The van der Waals surface area contributed by atoms with Gasteiger partial charge in [-0.25, -0.2) is 15.0 Å². The number of carbonyl (C=O) groups is 2. The van der Waals surface area contributed by atoms with E-state index in [9.17, 15) is 9.59 Å². The zero-order valence-corrected chi connectivity index (χ0v) is 8.75. The van der Waals surface area contributed by atoms with E-state index in [0.29, 0.717) is 0 Å². The molecule has 0 spiro atoms. The van der Waals surface area contributed by atoms with Crippen LogP contribution in [-0.4, -0.2) is 35.7 Å². The number of aliphatic carboxylic acids is 1. The third kappa shape index (κ3) is 4.78. The summed E-state index contributed by atoms with van der Waals surface area (Å²) in [5.41, 5.74) is 3.97. The van der Waals surface area contributed by atoms with Gasteiger partial charge < -0.3 is 9.84 Å². The summed E-state index contributed by atoms with van der Waals surface area (Å²) in [6.45, 7) is 5.01. The van der Waals surface area contributed by atoms with Crippen LogP contribution in [0, 0.1) is 0 Å². The highest BCUT2D eigenvalue weighted by Gasteiger charge is 2.30. The molecule has 0 aliphatic carbocycles. The van der Waals surface area contributed by atoms with Crippen LogP contribution in [0.1, 0.15) is 20.8 Å². The molecule has 1 unspecified atom stereocenters. The Morgan fingerprint density at radius 2 is 1.86 bits per heavy atom. The van der Waals surface area contributed by atoms with E-state index in [2.05, 4.69) is 10.9 Å². The highest BCUT2D eigenvalue weighted by Crippen LogP contribution is 2.08. The molecular weight excluding hydrogens is 188 g/mol. The monoisotopic (exact) mass is 204 g/mol. The first-order valence-corrected chi connectivity index (χ1v) is 4.16. The second kappa shape index (κ2) is 4.92. The Hall–Kier alpha value is -1.14. The van der Waals surface area contributed by atoms with E-state index >= 15 is 0 Å². The van der Waals surface area contributed by atoms with Crippen molar-refractivity contribution in [1.29, 1.82) is 0 Å². The Morgan fingerprint density at radius 1 is 1.36 bits per heavy atom. The molecule has 0 saturated heterocycles. The number of nitrogens with one attached hydrogen (secondary N) is 2. The molecule has 0 aromatic heterocycles. The Bertz CT molecular complexity index is 222. The number of carboxylic acid groups (broad SMARTS) is 1.